The Balaban J connectivity index is 1.69. The molecule has 0 bridgehead atoms. The smallest absolute Gasteiger partial charge is 0.265 e. The lowest BCUT2D eigenvalue weighted by molar-refractivity contribution is 0.102. The normalized spacial score (nSPS) is 10.3. The predicted octanol–water partition coefficient (Wildman–Crippen LogP) is 4.53. The number of halogens is 2. The maximum atomic E-state index is 13.1. The molecule has 2 amide bonds. The first-order valence-electron chi connectivity index (χ1n) is 7.25. The van der Waals surface area contributed by atoms with Crippen LogP contribution in [0.15, 0.2) is 60.7 Å². The van der Waals surface area contributed by atoms with E-state index in [9.17, 15) is 18.4 Å². The van der Waals surface area contributed by atoms with Gasteiger partial charge in [-0.2, -0.15) is 0 Å². The molecule has 0 radical (unpaired) electrons. The first-order chi connectivity index (χ1) is 12.0. The van der Waals surface area contributed by atoms with Gasteiger partial charge in [0, 0.05) is 11.4 Å². The number of anilines is 2. The van der Waals surface area contributed by atoms with Gasteiger partial charge in [0.05, 0.1) is 9.75 Å². The second-order valence-corrected chi connectivity index (χ2v) is 6.18. The summed E-state index contributed by atoms with van der Waals surface area (Å²) in [5, 5.41) is 5.12. The zero-order valence-electron chi connectivity index (χ0n) is 12.8. The minimum Gasteiger partial charge on any atom is -0.321 e. The van der Waals surface area contributed by atoms with E-state index in [1.807, 2.05) is 0 Å². The Bertz CT molecular complexity index is 866. The molecular weight excluding hydrogens is 346 g/mol. The second-order valence-electron chi connectivity index (χ2n) is 5.09. The van der Waals surface area contributed by atoms with Crippen molar-refractivity contribution < 1.29 is 18.4 Å². The lowest BCUT2D eigenvalue weighted by Gasteiger charge is -2.04. The van der Waals surface area contributed by atoms with Crippen molar-refractivity contribution in [3.05, 3.63) is 82.1 Å². The number of nitrogens with one attached hydrogen (secondary N) is 2. The van der Waals surface area contributed by atoms with Crippen LogP contribution < -0.4 is 10.6 Å². The molecule has 3 rings (SSSR count). The molecule has 0 aliphatic heterocycles. The van der Waals surface area contributed by atoms with Gasteiger partial charge >= 0.3 is 0 Å². The molecule has 7 heteroatoms. The van der Waals surface area contributed by atoms with E-state index < -0.39 is 23.4 Å². The molecule has 0 aliphatic carbocycles. The highest BCUT2D eigenvalue weighted by atomic mass is 32.1. The van der Waals surface area contributed by atoms with E-state index in [-0.39, 0.29) is 0 Å². The van der Waals surface area contributed by atoms with Gasteiger partial charge in [0.2, 0.25) is 0 Å². The monoisotopic (exact) mass is 358 g/mol. The maximum absolute atomic E-state index is 13.1. The Hall–Kier alpha value is -3.06. The van der Waals surface area contributed by atoms with Crippen molar-refractivity contribution in [2.45, 2.75) is 0 Å². The Morgan fingerprint density at radius 2 is 1.16 bits per heavy atom. The first-order valence-corrected chi connectivity index (χ1v) is 8.06. The summed E-state index contributed by atoms with van der Waals surface area (Å²) in [6.45, 7) is 0. The van der Waals surface area contributed by atoms with Crippen molar-refractivity contribution in [3.8, 4) is 0 Å². The van der Waals surface area contributed by atoms with Crippen molar-refractivity contribution in [1.29, 1.82) is 0 Å². The Kier molecular flexibility index (Phi) is 4.85. The van der Waals surface area contributed by atoms with Crippen LogP contribution in [0.2, 0.25) is 0 Å². The summed E-state index contributed by atoms with van der Waals surface area (Å²) >= 11 is 0.984. The van der Waals surface area contributed by atoms with Crippen LogP contribution in [0, 0.1) is 11.6 Å². The van der Waals surface area contributed by atoms with Gasteiger partial charge in [-0.15, -0.1) is 11.3 Å². The fourth-order valence-corrected chi connectivity index (χ4v) is 2.90. The fourth-order valence-electron chi connectivity index (χ4n) is 2.10. The molecule has 0 aliphatic rings. The SMILES string of the molecule is O=C(Nc1cccc(F)c1)c1ccc(C(=O)Nc2cccc(F)c2)s1. The second kappa shape index (κ2) is 7.23. The molecule has 0 spiro atoms. The zero-order chi connectivity index (χ0) is 17.8. The highest BCUT2D eigenvalue weighted by Crippen LogP contribution is 2.20. The minimum absolute atomic E-state index is 0.300. The van der Waals surface area contributed by atoms with Crippen molar-refractivity contribution >= 4 is 34.5 Å². The molecule has 0 atom stereocenters. The number of thiophene rings is 1. The van der Waals surface area contributed by atoms with Crippen LogP contribution in [0.1, 0.15) is 19.3 Å². The van der Waals surface area contributed by atoms with Crippen molar-refractivity contribution in [2.24, 2.45) is 0 Å². The average molecular weight is 358 g/mol. The molecular formula is C18H12F2N2O2S. The van der Waals surface area contributed by atoms with Gasteiger partial charge in [0.25, 0.3) is 11.8 Å². The van der Waals surface area contributed by atoms with Gasteiger partial charge in [-0.05, 0) is 48.5 Å². The third-order valence-electron chi connectivity index (χ3n) is 3.22. The third-order valence-corrected chi connectivity index (χ3v) is 4.30. The van der Waals surface area contributed by atoms with Gasteiger partial charge in [-0.1, -0.05) is 12.1 Å². The largest absolute Gasteiger partial charge is 0.321 e. The number of carbonyl (C=O) groups is 2. The Morgan fingerprint density at radius 1 is 0.720 bits per heavy atom. The van der Waals surface area contributed by atoms with E-state index in [1.54, 1.807) is 12.1 Å². The zero-order valence-corrected chi connectivity index (χ0v) is 13.6. The number of hydrogen-bond acceptors (Lipinski definition) is 3. The average Bonchev–Trinajstić information content (AvgIpc) is 3.05. The highest BCUT2D eigenvalue weighted by Gasteiger charge is 2.14. The molecule has 0 saturated heterocycles. The maximum Gasteiger partial charge on any atom is 0.265 e. The van der Waals surface area contributed by atoms with E-state index in [4.69, 9.17) is 0 Å². The third kappa shape index (κ3) is 4.27. The standard InChI is InChI=1S/C18H12F2N2O2S/c19-11-3-1-5-13(9-11)21-17(23)15-7-8-16(25-15)18(24)22-14-6-2-4-12(20)10-14/h1-10H,(H,21,23)(H,22,24). The Morgan fingerprint density at radius 3 is 1.56 bits per heavy atom. The first kappa shape index (κ1) is 16.8. The number of hydrogen-bond donors (Lipinski definition) is 2. The van der Waals surface area contributed by atoms with Crippen LogP contribution in [0.3, 0.4) is 0 Å². The molecule has 4 nitrogen and oxygen atoms in total. The highest BCUT2D eigenvalue weighted by molar-refractivity contribution is 7.16. The molecule has 0 unspecified atom stereocenters. The lowest BCUT2D eigenvalue weighted by Crippen LogP contribution is -2.11. The Labute approximate surface area is 146 Å². The summed E-state index contributed by atoms with van der Waals surface area (Å²) in [7, 11) is 0. The van der Waals surface area contributed by atoms with Crippen molar-refractivity contribution in [3.63, 3.8) is 0 Å². The van der Waals surface area contributed by atoms with E-state index in [0.717, 1.165) is 11.3 Å². The molecule has 0 saturated carbocycles. The molecule has 2 aromatic carbocycles. The van der Waals surface area contributed by atoms with Crippen LogP contribution >= 0.6 is 11.3 Å². The van der Waals surface area contributed by atoms with Gasteiger partial charge in [-0.3, -0.25) is 9.59 Å². The quantitative estimate of drug-likeness (QED) is 0.720. The summed E-state index contributed by atoms with van der Waals surface area (Å²) < 4.78 is 26.3. The predicted molar refractivity (Wildman–Crippen MR) is 93.0 cm³/mol. The number of rotatable bonds is 4. The number of amides is 2. The molecule has 126 valence electrons. The molecule has 1 heterocycles. The fraction of sp³-hybridized carbons (Fsp3) is 0. The minimum atomic E-state index is -0.459. The molecule has 3 aromatic rings. The summed E-state index contributed by atoms with van der Waals surface area (Å²) in [5.41, 5.74) is 0.647. The summed E-state index contributed by atoms with van der Waals surface area (Å²) in [6.07, 6.45) is 0. The summed E-state index contributed by atoms with van der Waals surface area (Å²) in [6, 6.07) is 14.0. The van der Waals surface area contributed by atoms with Crippen LogP contribution in [-0.2, 0) is 0 Å². The van der Waals surface area contributed by atoms with Crippen molar-refractivity contribution in [2.75, 3.05) is 10.6 Å². The van der Waals surface area contributed by atoms with Crippen LogP contribution in [0.5, 0.6) is 0 Å². The van der Waals surface area contributed by atoms with E-state index in [0.29, 0.717) is 21.1 Å². The van der Waals surface area contributed by atoms with E-state index in [2.05, 4.69) is 10.6 Å². The van der Waals surface area contributed by atoms with Crippen molar-refractivity contribution in [1.82, 2.24) is 0 Å². The van der Waals surface area contributed by atoms with Crippen LogP contribution in [0.25, 0.3) is 0 Å². The molecule has 0 fully saturated rings. The van der Waals surface area contributed by atoms with Gasteiger partial charge in [-0.25, -0.2) is 8.78 Å². The van der Waals surface area contributed by atoms with Gasteiger partial charge in [0.15, 0.2) is 0 Å². The van der Waals surface area contributed by atoms with Gasteiger partial charge in [0.1, 0.15) is 11.6 Å². The molecule has 2 N–H and O–H groups in total. The number of carbonyl (C=O) groups excluding carboxylic acids is 2. The topological polar surface area (TPSA) is 58.2 Å². The van der Waals surface area contributed by atoms with Crippen LogP contribution in [0.4, 0.5) is 20.2 Å². The van der Waals surface area contributed by atoms with Gasteiger partial charge < -0.3 is 10.6 Å². The molecule has 25 heavy (non-hydrogen) atoms. The van der Waals surface area contributed by atoms with Crippen LogP contribution in [-0.4, -0.2) is 11.8 Å². The van der Waals surface area contributed by atoms with E-state index in [1.165, 1.54) is 48.5 Å². The summed E-state index contributed by atoms with van der Waals surface area (Å²) in [5.74, 6) is -1.81. The number of benzene rings is 2. The molecule has 1 aromatic heterocycles. The van der Waals surface area contributed by atoms with E-state index >= 15 is 0 Å². The lowest BCUT2D eigenvalue weighted by atomic mass is 10.3. The summed E-state index contributed by atoms with van der Waals surface area (Å²) in [4.78, 5) is 24.9.